The van der Waals surface area contributed by atoms with E-state index >= 15 is 0 Å². The maximum atomic E-state index is 6.49. The van der Waals surface area contributed by atoms with E-state index in [9.17, 15) is 0 Å². The molecule has 1 heteroatoms. The molecule has 8 aromatic carbocycles. The molecule has 0 saturated heterocycles. The molecule has 210 valence electrons. The van der Waals surface area contributed by atoms with Gasteiger partial charge >= 0.3 is 0 Å². The first-order chi connectivity index (χ1) is 22.3. The Morgan fingerprint density at radius 1 is 0.289 bits per heavy atom. The van der Waals surface area contributed by atoms with E-state index in [0.717, 1.165) is 27.5 Å². The van der Waals surface area contributed by atoms with E-state index in [1.807, 2.05) is 6.07 Å². The molecule has 0 saturated carbocycles. The monoisotopic (exact) mass is 572 g/mol. The standard InChI is InChI=1S/C44H28O/c1-4-13-29(14-5-1)32-23-26-38-41(28-32)45-40-22-12-21-34(44(38)40)33-24-25-37-39(27-33)43(31-17-8-3-9-18-31)36-20-11-10-19-35(36)42(37)30-15-6-2-7-16-30/h1-28H. The molecule has 0 radical (unpaired) electrons. The SMILES string of the molecule is c1ccc(-c2ccc3c(c2)oc2cccc(-c4ccc5c(-c6ccccc6)c6ccccc6c(-c6ccccc6)c5c4)c23)cc1. The third kappa shape index (κ3) is 4.17. The van der Waals surface area contributed by atoms with Gasteiger partial charge < -0.3 is 4.42 Å². The van der Waals surface area contributed by atoms with Crippen molar-refractivity contribution in [2.45, 2.75) is 0 Å². The lowest BCUT2D eigenvalue weighted by atomic mass is 9.84. The van der Waals surface area contributed by atoms with E-state index in [4.69, 9.17) is 4.42 Å². The maximum Gasteiger partial charge on any atom is 0.136 e. The minimum absolute atomic E-state index is 0.902. The number of hydrogen-bond acceptors (Lipinski definition) is 1. The first kappa shape index (κ1) is 25.6. The quantitative estimate of drug-likeness (QED) is 0.191. The molecule has 0 aliphatic rings. The van der Waals surface area contributed by atoms with Gasteiger partial charge in [-0.1, -0.05) is 146 Å². The lowest BCUT2D eigenvalue weighted by Gasteiger charge is -2.19. The van der Waals surface area contributed by atoms with Crippen LogP contribution in [0.4, 0.5) is 0 Å². The summed E-state index contributed by atoms with van der Waals surface area (Å²) in [7, 11) is 0. The van der Waals surface area contributed by atoms with Crippen LogP contribution in [0, 0.1) is 0 Å². The van der Waals surface area contributed by atoms with Gasteiger partial charge in [0.05, 0.1) is 0 Å². The van der Waals surface area contributed by atoms with Crippen molar-refractivity contribution in [2.24, 2.45) is 0 Å². The first-order valence-corrected chi connectivity index (χ1v) is 15.4. The van der Waals surface area contributed by atoms with Crippen LogP contribution < -0.4 is 0 Å². The van der Waals surface area contributed by atoms with Crippen molar-refractivity contribution < 1.29 is 4.42 Å². The third-order valence-electron chi connectivity index (χ3n) is 9.06. The molecule has 45 heavy (non-hydrogen) atoms. The van der Waals surface area contributed by atoms with Gasteiger partial charge in [-0.05, 0) is 90.3 Å². The zero-order valence-electron chi connectivity index (χ0n) is 24.6. The molecule has 9 rings (SSSR count). The van der Waals surface area contributed by atoms with Gasteiger partial charge in [0.2, 0.25) is 0 Å². The summed E-state index contributed by atoms with van der Waals surface area (Å²) in [4.78, 5) is 0. The molecule has 0 aliphatic carbocycles. The second-order valence-corrected chi connectivity index (χ2v) is 11.6. The van der Waals surface area contributed by atoms with E-state index in [0.29, 0.717) is 0 Å². The summed E-state index contributed by atoms with van der Waals surface area (Å²) in [5, 5.41) is 7.29. The van der Waals surface area contributed by atoms with Crippen LogP contribution in [0.15, 0.2) is 174 Å². The minimum Gasteiger partial charge on any atom is -0.456 e. The number of benzene rings is 8. The van der Waals surface area contributed by atoms with Crippen molar-refractivity contribution in [1.29, 1.82) is 0 Å². The zero-order chi connectivity index (χ0) is 29.7. The van der Waals surface area contributed by atoms with Crippen molar-refractivity contribution >= 4 is 43.5 Å². The molecule has 0 N–H and O–H groups in total. The van der Waals surface area contributed by atoms with Crippen LogP contribution in [0.25, 0.3) is 88.0 Å². The number of rotatable bonds is 4. The molecule has 0 atom stereocenters. The Kier molecular flexibility index (Phi) is 5.89. The van der Waals surface area contributed by atoms with Gasteiger partial charge in [-0.2, -0.15) is 0 Å². The Bertz CT molecular complexity index is 2510. The average Bonchev–Trinajstić information content (AvgIpc) is 3.50. The second kappa shape index (κ2) is 10.4. The van der Waals surface area contributed by atoms with Crippen LogP contribution >= 0.6 is 0 Å². The van der Waals surface area contributed by atoms with Gasteiger partial charge in [-0.25, -0.2) is 0 Å². The van der Waals surface area contributed by atoms with Gasteiger partial charge in [-0.3, -0.25) is 0 Å². The summed E-state index contributed by atoms with van der Waals surface area (Å²) in [6.07, 6.45) is 0. The Labute approximate surface area is 261 Å². The molecular formula is C44H28O. The molecule has 1 nitrogen and oxygen atoms in total. The maximum absolute atomic E-state index is 6.49. The van der Waals surface area contributed by atoms with Gasteiger partial charge in [0.1, 0.15) is 11.2 Å². The molecule has 1 aromatic heterocycles. The topological polar surface area (TPSA) is 13.1 Å². The minimum atomic E-state index is 0.902. The van der Waals surface area contributed by atoms with E-state index in [1.165, 1.54) is 60.5 Å². The molecule has 9 aromatic rings. The molecule has 0 amide bonds. The molecule has 0 aliphatic heterocycles. The Morgan fingerprint density at radius 3 is 1.49 bits per heavy atom. The van der Waals surface area contributed by atoms with Gasteiger partial charge in [0, 0.05) is 10.8 Å². The molecule has 0 fully saturated rings. The second-order valence-electron chi connectivity index (χ2n) is 11.6. The van der Waals surface area contributed by atoms with Crippen molar-refractivity contribution in [3.8, 4) is 44.5 Å². The summed E-state index contributed by atoms with van der Waals surface area (Å²) in [6, 6.07) is 60.9. The highest BCUT2D eigenvalue weighted by Gasteiger charge is 2.19. The van der Waals surface area contributed by atoms with Crippen molar-refractivity contribution in [2.75, 3.05) is 0 Å². The summed E-state index contributed by atoms with van der Waals surface area (Å²) >= 11 is 0. The van der Waals surface area contributed by atoms with Crippen molar-refractivity contribution in [3.05, 3.63) is 170 Å². The lowest BCUT2D eigenvalue weighted by Crippen LogP contribution is -1.91. The van der Waals surface area contributed by atoms with E-state index < -0.39 is 0 Å². The Hall–Kier alpha value is -5.92. The average molecular weight is 573 g/mol. The molecular weight excluding hydrogens is 544 g/mol. The highest BCUT2D eigenvalue weighted by atomic mass is 16.3. The predicted molar refractivity (Wildman–Crippen MR) is 190 cm³/mol. The van der Waals surface area contributed by atoms with Crippen LogP contribution in [0.2, 0.25) is 0 Å². The van der Waals surface area contributed by atoms with Crippen LogP contribution in [-0.4, -0.2) is 0 Å². The molecule has 0 bridgehead atoms. The summed E-state index contributed by atoms with van der Waals surface area (Å²) in [6.45, 7) is 0. The largest absolute Gasteiger partial charge is 0.456 e. The number of hydrogen-bond donors (Lipinski definition) is 0. The molecule has 0 unspecified atom stereocenters. The summed E-state index contributed by atoms with van der Waals surface area (Å²) in [5.74, 6) is 0. The van der Waals surface area contributed by atoms with Crippen LogP contribution in [-0.2, 0) is 0 Å². The first-order valence-electron chi connectivity index (χ1n) is 15.4. The third-order valence-corrected chi connectivity index (χ3v) is 9.06. The zero-order valence-corrected chi connectivity index (χ0v) is 24.6. The smallest absolute Gasteiger partial charge is 0.136 e. The van der Waals surface area contributed by atoms with Crippen molar-refractivity contribution in [3.63, 3.8) is 0 Å². The normalized spacial score (nSPS) is 11.6. The van der Waals surface area contributed by atoms with Gasteiger partial charge in [0.15, 0.2) is 0 Å². The number of fused-ring (bicyclic) bond motifs is 5. The fraction of sp³-hybridized carbons (Fsp3) is 0. The lowest BCUT2D eigenvalue weighted by molar-refractivity contribution is 0.669. The van der Waals surface area contributed by atoms with Crippen LogP contribution in [0.1, 0.15) is 0 Å². The van der Waals surface area contributed by atoms with Gasteiger partial charge in [-0.15, -0.1) is 0 Å². The molecule has 1 heterocycles. The Balaban J connectivity index is 1.34. The summed E-state index contributed by atoms with van der Waals surface area (Å²) < 4.78 is 6.49. The van der Waals surface area contributed by atoms with E-state index in [-0.39, 0.29) is 0 Å². The van der Waals surface area contributed by atoms with Crippen LogP contribution in [0.3, 0.4) is 0 Å². The highest BCUT2D eigenvalue weighted by Crippen LogP contribution is 2.46. The van der Waals surface area contributed by atoms with Crippen molar-refractivity contribution in [1.82, 2.24) is 0 Å². The van der Waals surface area contributed by atoms with Gasteiger partial charge in [0.25, 0.3) is 0 Å². The molecule has 0 spiro atoms. The fourth-order valence-electron chi connectivity index (χ4n) is 7.05. The highest BCUT2D eigenvalue weighted by molar-refractivity contribution is 6.22. The van der Waals surface area contributed by atoms with Crippen LogP contribution in [0.5, 0.6) is 0 Å². The fourth-order valence-corrected chi connectivity index (χ4v) is 7.05. The van der Waals surface area contributed by atoms with E-state index in [2.05, 4.69) is 164 Å². The number of furan rings is 1. The summed E-state index contributed by atoms with van der Waals surface area (Å²) in [5.41, 5.74) is 11.5. The predicted octanol–water partition coefficient (Wildman–Crippen LogP) is 12.6. The Morgan fingerprint density at radius 2 is 0.822 bits per heavy atom. The van der Waals surface area contributed by atoms with E-state index in [1.54, 1.807) is 0 Å².